The van der Waals surface area contributed by atoms with Crippen LogP contribution in [0.25, 0.3) is 11.1 Å². The first kappa shape index (κ1) is 16.1. The largest absolute Gasteiger partial charge is 0.417 e. The third-order valence-corrected chi connectivity index (χ3v) is 5.26. The van der Waals surface area contributed by atoms with Crippen molar-refractivity contribution in [2.24, 2.45) is 0 Å². The Bertz CT molecular complexity index is 892. The van der Waals surface area contributed by atoms with Gasteiger partial charge in [-0.1, -0.05) is 12.1 Å². The summed E-state index contributed by atoms with van der Waals surface area (Å²) in [6.45, 7) is 2.16. The highest BCUT2D eigenvalue weighted by Crippen LogP contribution is 2.32. The van der Waals surface area contributed by atoms with Crippen LogP contribution in [-0.2, 0) is 0 Å². The zero-order chi connectivity index (χ0) is 17.2. The molecule has 1 aromatic carbocycles. The molecule has 1 aliphatic carbocycles. The van der Waals surface area contributed by atoms with Gasteiger partial charge in [0.15, 0.2) is 5.58 Å². The molecule has 1 unspecified atom stereocenters. The van der Waals surface area contributed by atoms with Gasteiger partial charge in [0.2, 0.25) is 0 Å². The molecule has 3 aromatic rings. The number of benzene rings is 1. The lowest BCUT2D eigenvalue weighted by atomic mass is 9.83. The minimum Gasteiger partial charge on any atom is -0.408 e. The van der Waals surface area contributed by atoms with Crippen LogP contribution in [0.5, 0.6) is 0 Å². The Morgan fingerprint density at radius 3 is 2.80 bits per heavy atom. The fraction of sp³-hybridized carbons (Fsp3) is 0.400. The first-order valence-corrected chi connectivity index (χ1v) is 8.99. The lowest BCUT2D eigenvalue weighted by molar-refractivity contribution is 0.319. The number of hydrogen-bond acceptors (Lipinski definition) is 4. The molecular weight excluding hydrogens is 314 g/mol. The summed E-state index contributed by atoms with van der Waals surface area (Å²) in [4.78, 5) is 18.5. The molecule has 2 heterocycles. The Balaban J connectivity index is 1.38. The van der Waals surface area contributed by atoms with E-state index >= 15 is 0 Å². The lowest BCUT2D eigenvalue weighted by Gasteiger charge is -2.31. The Labute approximate surface area is 146 Å². The number of nitrogens with one attached hydrogen (secondary N) is 2. The van der Waals surface area contributed by atoms with E-state index in [1.807, 2.05) is 30.5 Å². The van der Waals surface area contributed by atoms with Crippen molar-refractivity contribution in [3.05, 3.63) is 64.4 Å². The quantitative estimate of drug-likeness (QED) is 0.757. The van der Waals surface area contributed by atoms with Gasteiger partial charge >= 0.3 is 5.76 Å². The molecule has 1 aliphatic rings. The van der Waals surface area contributed by atoms with Crippen LogP contribution in [0.1, 0.15) is 55.8 Å². The van der Waals surface area contributed by atoms with Crippen molar-refractivity contribution in [3.8, 4) is 0 Å². The average Bonchev–Trinajstić information content (AvgIpc) is 3.02. The zero-order valence-electron chi connectivity index (χ0n) is 14.4. The molecule has 0 bridgehead atoms. The van der Waals surface area contributed by atoms with Crippen molar-refractivity contribution in [3.63, 3.8) is 0 Å². The molecule has 0 saturated heterocycles. The van der Waals surface area contributed by atoms with Gasteiger partial charge in [-0.2, -0.15) is 0 Å². The standard InChI is InChI=1S/C20H23N3O2/c1-13(15-7-10-18-19(12-15)25-20(24)23-18)22-16-8-5-14(6-9-16)17-4-2-3-11-21-17/h2-4,7,10-14,16,22H,5-6,8-9H2,1H3,(H,23,24). The summed E-state index contributed by atoms with van der Waals surface area (Å²) in [5.74, 6) is 0.181. The van der Waals surface area contributed by atoms with Crippen molar-refractivity contribution in [2.75, 3.05) is 0 Å². The van der Waals surface area contributed by atoms with Crippen molar-refractivity contribution < 1.29 is 4.42 Å². The maximum atomic E-state index is 11.3. The van der Waals surface area contributed by atoms with Crippen molar-refractivity contribution in [2.45, 2.75) is 50.6 Å². The molecule has 1 saturated carbocycles. The molecule has 0 spiro atoms. The predicted molar refractivity (Wildman–Crippen MR) is 97.6 cm³/mol. The molecule has 25 heavy (non-hydrogen) atoms. The predicted octanol–water partition coefficient (Wildman–Crippen LogP) is 3.89. The first-order valence-electron chi connectivity index (χ1n) is 8.99. The smallest absolute Gasteiger partial charge is 0.408 e. The minimum atomic E-state index is -0.402. The number of aromatic nitrogens is 2. The minimum absolute atomic E-state index is 0.223. The number of pyridine rings is 1. The molecular formula is C20H23N3O2. The lowest BCUT2D eigenvalue weighted by Crippen LogP contribution is -2.34. The molecule has 5 nitrogen and oxygen atoms in total. The topological polar surface area (TPSA) is 70.9 Å². The fourth-order valence-corrected chi connectivity index (χ4v) is 3.85. The van der Waals surface area contributed by atoms with Crippen molar-refractivity contribution in [1.29, 1.82) is 0 Å². The number of hydrogen-bond donors (Lipinski definition) is 2. The van der Waals surface area contributed by atoms with E-state index in [1.54, 1.807) is 0 Å². The van der Waals surface area contributed by atoms with E-state index < -0.39 is 5.76 Å². The number of fused-ring (bicyclic) bond motifs is 1. The normalized spacial score (nSPS) is 22.1. The van der Waals surface area contributed by atoms with E-state index in [2.05, 4.69) is 34.3 Å². The van der Waals surface area contributed by atoms with Gasteiger partial charge in [0.05, 0.1) is 5.52 Å². The summed E-state index contributed by atoms with van der Waals surface area (Å²) in [5, 5.41) is 3.73. The second-order valence-corrected chi connectivity index (χ2v) is 6.96. The van der Waals surface area contributed by atoms with E-state index in [-0.39, 0.29) is 6.04 Å². The number of nitrogens with zero attached hydrogens (tertiary/aromatic N) is 1. The summed E-state index contributed by atoms with van der Waals surface area (Å²) in [7, 11) is 0. The molecule has 0 amide bonds. The summed E-state index contributed by atoms with van der Waals surface area (Å²) in [5.41, 5.74) is 3.73. The maximum absolute atomic E-state index is 11.3. The van der Waals surface area contributed by atoms with Crippen molar-refractivity contribution in [1.82, 2.24) is 15.3 Å². The van der Waals surface area contributed by atoms with Gasteiger partial charge in [0, 0.05) is 29.9 Å². The highest BCUT2D eigenvalue weighted by Gasteiger charge is 2.24. The molecule has 130 valence electrons. The Morgan fingerprint density at radius 2 is 2.04 bits per heavy atom. The third kappa shape index (κ3) is 3.51. The average molecular weight is 337 g/mol. The molecule has 1 atom stereocenters. The van der Waals surface area contributed by atoms with Crippen LogP contribution >= 0.6 is 0 Å². The molecule has 0 aliphatic heterocycles. The van der Waals surface area contributed by atoms with Gasteiger partial charge in [0.25, 0.3) is 0 Å². The van der Waals surface area contributed by atoms with Crippen LogP contribution in [0.3, 0.4) is 0 Å². The fourth-order valence-electron chi connectivity index (χ4n) is 3.85. The van der Waals surface area contributed by atoms with Crippen LogP contribution in [0, 0.1) is 0 Å². The molecule has 2 aromatic heterocycles. The van der Waals surface area contributed by atoms with E-state index in [9.17, 15) is 4.79 Å². The van der Waals surface area contributed by atoms with Crippen LogP contribution < -0.4 is 11.1 Å². The van der Waals surface area contributed by atoms with Gasteiger partial charge in [-0.15, -0.1) is 0 Å². The number of H-pyrrole nitrogens is 1. The van der Waals surface area contributed by atoms with Gasteiger partial charge in [0.1, 0.15) is 0 Å². The zero-order valence-corrected chi connectivity index (χ0v) is 14.4. The van der Waals surface area contributed by atoms with Gasteiger partial charge in [-0.05, 0) is 62.4 Å². The Morgan fingerprint density at radius 1 is 1.20 bits per heavy atom. The monoisotopic (exact) mass is 337 g/mol. The summed E-state index contributed by atoms with van der Waals surface area (Å²) >= 11 is 0. The van der Waals surface area contributed by atoms with Gasteiger partial charge in [-0.25, -0.2) is 4.79 Å². The number of aromatic amines is 1. The van der Waals surface area contributed by atoms with E-state index in [4.69, 9.17) is 4.42 Å². The second-order valence-electron chi connectivity index (χ2n) is 6.96. The highest BCUT2D eigenvalue weighted by molar-refractivity contribution is 5.72. The summed E-state index contributed by atoms with van der Waals surface area (Å²) < 4.78 is 5.17. The maximum Gasteiger partial charge on any atom is 0.417 e. The SMILES string of the molecule is CC(NC1CCC(c2ccccn2)CC1)c1ccc2[nH]c(=O)oc2c1. The molecule has 1 fully saturated rings. The first-order chi connectivity index (χ1) is 12.2. The second kappa shape index (κ2) is 6.84. The summed E-state index contributed by atoms with van der Waals surface area (Å²) in [6.07, 6.45) is 6.55. The number of rotatable bonds is 4. The van der Waals surface area contributed by atoms with E-state index in [0.717, 1.165) is 23.9 Å². The van der Waals surface area contributed by atoms with Gasteiger partial charge in [-0.3, -0.25) is 9.97 Å². The Hall–Kier alpha value is -2.40. The van der Waals surface area contributed by atoms with Crippen LogP contribution in [0.15, 0.2) is 51.8 Å². The number of oxazole rings is 1. The van der Waals surface area contributed by atoms with Crippen LogP contribution in [0.4, 0.5) is 0 Å². The van der Waals surface area contributed by atoms with Crippen molar-refractivity contribution >= 4 is 11.1 Å². The van der Waals surface area contributed by atoms with Crippen LogP contribution in [0.2, 0.25) is 0 Å². The van der Waals surface area contributed by atoms with E-state index in [0.29, 0.717) is 17.5 Å². The molecule has 4 rings (SSSR count). The Kier molecular flexibility index (Phi) is 4.40. The molecule has 0 radical (unpaired) electrons. The summed E-state index contributed by atoms with van der Waals surface area (Å²) in [6, 6.07) is 12.8. The van der Waals surface area contributed by atoms with Crippen LogP contribution in [-0.4, -0.2) is 16.0 Å². The van der Waals surface area contributed by atoms with Gasteiger partial charge < -0.3 is 9.73 Å². The third-order valence-electron chi connectivity index (χ3n) is 5.26. The molecule has 5 heteroatoms. The van der Waals surface area contributed by atoms with E-state index in [1.165, 1.54) is 18.5 Å². The highest BCUT2D eigenvalue weighted by atomic mass is 16.4. The molecule has 2 N–H and O–H groups in total.